The highest BCUT2D eigenvalue weighted by Gasteiger charge is 2.13. The first kappa shape index (κ1) is 12.5. The summed E-state index contributed by atoms with van der Waals surface area (Å²) in [5, 5.41) is 10.9. The number of methoxy groups -OCH3 is 1. The van der Waals surface area contributed by atoms with E-state index in [1.807, 2.05) is 13.0 Å². The van der Waals surface area contributed by atoms with E-state index in [9.17, 15) is 5.11 Å². The van der Waals surface area contributed by atoms with Gasteiger partial charge < -0.3 is 14.3 Å². The topological polar surface area (TPSA) is 68.4 Å². The number of oxazole rings is 1. The second-order valence-electron chi connectivity index (χ2n) is 4.57. The van der Waals surface area contributed by atoms with Crippen LogP contribution in [-0.4, -0.2) is 22.2 Å². The number of ether oxygens (including phenoxy) is 1. The molecule has 0 aliphatic heterocycles. The fourth-order valence-corrected chi connectivity index (χ4v) is 2.23. The summed E-state index contributed by atoms with van der Waals surface area (Å²) >= 11 is 0. The number of aromatic nitrogens is 2. The molecule has 0 aliphatic carbocycles. The SMILES string of the molecule is COc1ccc2c(O)cc(-c3coc(C)n3)nc2c1C. The molecule has 1 aromatic carbocycles. The number of aromatic hydroxyl groups is 1. The van der Waals surface area contributed by atoms with Gasteiger partial charge in [0.2, 0.25) is 0 Å². The van der Waals surface area contributed by atoms with E-state index in [0.717, 1.165) is 11.3 Å². The van der Waals surface area contributed by atoms with Gasteiger partial charge in [-0.1, -0.05) is 0 Å². The van der Waals surface area contributed by atoms with Crippen molar-refractivity contribution in [3.63, 3.8) is 0 Å². The van der Waals surface area contributed by atoms with Gasteiger partial charge in [-0.05, 0) is 19.1 Å². The van der Waals surface area contributed by atoms with Crippen LogP contribution >= 0.6 is 0 Å². The minimum Gasteiger partial charge on any atom is -0.507 e. The molecule has 0 bridgehead atoms. The number of aryl methyl sites for hydroxylation is 2. The lowest BCUT2D eigenvalue weighted by Crippen LogP contribution is -1.93. The third-order valence-corrected chi connectivity index (χ3v) is 3.26. The average molecular weight is 270 g/mol. The van der Waals surface area contributed by atoms with Crippen LogP contribution in [-0.2, 0) is 0 Å². The number of hydrogen-bond donors (Lipinski definition) is 1. The van der Waals surface area contributed by atoms with Gasteiger partial charge in [0, 0.05) is 23.9 Å². The quantitative estimate of drug-likeness (QED) is 0.774. The zero-order valence-corrected chi connectivity index (χ0v) is 11.5. The van der Waals surface area contributed by atoms with Gasteiger partial charge in [-0.25, -0.2) is 9.97 Å². The van der Waals surface area contributed by atoms with Crippen molar-refractivity contribution in [2.24, 2.45) is 0 Å². The molecule has 2 heterocycles. The Morgan fingerprint density at radius 3 is 2.60 bits per heavy atom. The smallest absolute Gasteiger partial charge is 0.191 e. The lowest BCUT2D eigenvalue weighted by Gasteiger charge is -2.09. The molecule has 0 saturated carbocycles. The Morgan fingerprint density at radius 1 is 1.15 bits per heavy atom. The molecular weight excluding hydrogens is 256 g/mol. The molecule has 2 aromatic heterocycles. The summed E-state index contributed by atoms with van der Waals surface area (Å²) in [6, 6.07) is 5.20. The van der Waals surface area contributed by atoms with E-state index >= 15 is 0 Å². The number of rotatable bonds is 2. The zero-order chi connectivity index (χ0) is 14.3. The van der Waals surface area contributed by atoms with Crippen LogP contribution < -0.4 is 4.74 Å². The van der Waals surface area contributed by atoms with Crippen LogP contribution in [0.15, 0.2) is 28.9 Å². The van der Waals surface area contributed by atoms with E-state index in [4.69, 9.17) is 9.15 Å². The van der Waals surface area contributed by atoms with E-state index in [-0.39, 0.29) is 5.75 Å². The highest BCUT2D eigenvalue weighted by Crippen LogP contribution is 2.33. The minimum absolute atomic E-state index is 0.163. The number of fused-ring (bicyclic) bond motifs is 1. The van der Waals surface area contributed by atoms with Crippen LogP contribution in [0.1, 0.15) is 11.5 Å². The Kier molecular flexibility index (Phi) is 2.82. The first-order valence-electron chi connectivity index (χ1n) is 6.20. The summed E-state index contributed by atoms with van der Waals surface area (Å²) < 4.78 is 10.5. The number of nitrogens with zero attached hydrogens (tertiary/aromatic N) is 2. The molecule has 0 spiro atoms. The molecule has 0 aliphatic rings. The van der Waals surface area contributed by atoms with Crippen LogP contribution in [0.4, 0.5) is 0 Å². The van der Waals surface area contributed by atoms with Crippen LogP contribution in [0.3, 0.4) is 0 Å². The Hall–Kier alpha value is -2.56. The summed E-state index contributed by atoms with van der Waals surface area (Å²) in [5.74, 6) is 1.46. The minimum atomic E-state index is 0.163. The van der Waals surface area contributed by atoms with Gasteiger partial charge >= 0.3 is 0 Å². The molecule has 0 amide bonds. The maximum Gasteiger partial charge on any atom is 0.191 e. The summed E-state index contributed by atoms with van der Waals surface area (Å²) in [7, 11) is 1.61. The highest BCUT2D eigenvalue weighted by atomic mass is 16.5. The van der Waals surface area contributed by atoms with Gasteiger partial charge in [-0.2, -0.15) is 0 Å². The standard InChI is InChI=1S/C15H14N2O3/c1-8-14(19-3)5-4-10-13(18)6-11(17-15(8)10)12-7-20-9(2)16-12/h4-7H,1-3H3,(H,17,18). The molecule has 20 heavy (non-hydrogen) atoms. The monoisotopic (exact) mass is 270 g/mol. The molecule has 0 saturated heterocycles. The molecule has 3 rings (SSSR count). The molecule has 5 heteroatoms. The Labute approximate surface area is 115 Å². The van der Waals surface area contributed by atoms with Crippen LogP contribution in [0.2, 0.25) is 0 Å². The van der Waals surface area contributed by atoms with Crippen molar-refractivity contribution in [2.75, 3.05) is 7.11 Å². The van der Waals surface area contributed by atoms with Gasteiger partial charge in [0.25, 0.3) is 0 Å². The summed E-state index contributed by atoms with van der Waals surface area (Å²) in [4.78, 5) is 8.79. The molecule has 3 aromatic rings. The van der Waals surface area contributed by atoms with E-state index in [2.05, 4.69) is 9.97 Å². The van der Waals surface area contributed by atoms with Crippen molar-refractivity contribution in [1.29, 1.82) is 0 Å². The highest BCUT2D eigenvalue weighted by molar-refractivity contribution is 5.91. The molecule has 1 N–H and O–H groups in total. The van der Waals surface area contributed by atoms with Crippen LogP contribution in [0.5, 0.6) is 11.5 Å². The molecular formula is C15H14N2O3. The predicted molar refractivity (Wildman–Crippen MR) is 74.9 cm³/mol. The largest absolute Gasteiger partial charge is 0.507 e. The molecule has 0 fully saturated rings. The van der Waals surface area contributed by atoms with Gasteiger partial charge in [0.15, 0.2) is 5.89 Å². The lowest BCUT2D eigenvalue weighted by atomic mass is 10.1. The van der Waals surface area contributed by atoms with Crippen molar-refractivity contribution < 1.29 is 14.3 Å². The van der Waals surface area contributed by atoms with E-state index < -0.39 is 0 Å². The number of hydrogen-bond acceptors (Lipinski definition) is 5. The lowest BCUT2D eigenvalue weighted by molar-refractivity contribution is 0.412. The third-order valence-electron chi connectivity index (χ3n) is 3.26. The fraction of sp³-hybridized carbons (Fsp3) is 0.200. The van der Waals surface area contributed by atoms with Gasteiger partial charge in [0.05, 0.1) is 18.3 Å². The second-order valence-corrected chi connectivity index (χ2v) is 4.57. The first-order chi connectivity index (χ1) is 9.60. The maximum atomic E-state index is 10.2. The van der Waals surface area contributed by atoms with Gasteiger partial charge in [-0.15, -0.1) is 0 Å². The first-order valence-corrected chi connectivity index (χ1v) is 6.20. The Balaban J connectivity index is 2.29. The Morgan fingerprint density at radius 2 is 1.95 bits per heavy atom. The second kappa shape index (κ2) is 4.52. The average Bonchev–Trinajstić information content (AvgIpc) is 2.86. The van der Waals surface area contributed by atoms with E-state index in [1.54, 1.807) is 26.2 Å². The van der Waals surface area contributed by atoms with Gasteiger partial charge in [0.1, 0.15) is 23.5 Å². The number of pyridine rings is 1. The van der Waals surface area contributed by atoms with Crippen molar-refractivity contribution in [2.45, 2.75) is 13.8 Å². The van der Waals surface area contributed by atoms with Crippen molar-refractivity contribution in [3.8, 4) is 22.9 Å². The molecule has 102 valence electrons. The van der Waals surface area contributed by atoms with Crippen molar-refractivity contribution >= 4 is 10.9 Å². The van der Waals surface area contributed by atoms with E-state index in [1.165, 1.54) is 6.26 Å². The Bertz CT molecular complexity index is 793. The summed E-state index contributed by atoms with van der Waals surface area (Å²) in [5.41, 5.74) is 2.74. The zero-order valence-electron chi connectivity index (χ0n) is 11.5. The third kappa shape index (κ3) is 1.87. The molecule has 0 radical (unpaired) electrons. The van der Waals surface area contributed by atoms with Crippen LogP contribution in [0.25, 0.3) is 22.3 Å². The van der Waals surface area contributed by atoms with Crippen LogP contribution in [0, 0.1) is 13.8 Å². The normalized spacial score (nSPS) is 10.9. The van der Waals surface area contributed by atoms with Gasteiger partial charge in [-0.3, -0.25) is 0 Å². The molecule has 0 atom stereocenters. The number of benzene rings is 1. The molecule has 5 nitrogen and oxygen atoms in total. The maximum absolute atomic E-state index is 10.2. The molecule has 0 unspecified atom stereocenters. The fourth-order valence-electron chi connectivity index (χ4n) is 2.23. The predicted octanol–water partition coefficient (Wildman–Crippen LogP) is 3.22. The summed E-state index contributed by atoms with van der Waals surface area (Å²) in [6.07, 6.45) is 1.53. The van der Waals surface area contributed by atoms with Crippen molar-refractivity contribution in [3.05, 3.63) is 35.9 Å². The summed E-state index contributed by atoms with van der Waals surface area (Å²) in [6.45, 7) is 3.67. The van der Waals surface area contributed by atoms with Crippen molar-refractivity contribution in [1.82, 2.24) is 9.97 Å². The van der Waals surface area contributed by atoms with E-state index in [0.29, 0.717) is 28.2 Å².